The summed E-state index contributed by atoms with van der Waals surface area (Å²) in [5.41, 5.74) is 3.62. The van der Waals surface area contributed by atoms with Crippen LogP contribution in [0.5, 0.6) is 0 Å². The molecule has 3 nitrogen and oxygen atoms in total. The Hall–Kier alpha value is -2.29. The van der Waals surface area contributed by atoms with Crippen LogP contribution >= 0.6 is 0 Å². The maximum Gasteiger partial charge on any atom is 0.339 e. The highest BCUT2D eigenvalue weighted by atomic mass is 16.5. The van der Waals surface area contributed by atoms with E-state index in [1.54, 1.807) is 0 Å². The van der Waals surface area contributed by atoms with E-state index in [2.05, 4.69) is 51.2 Å². The molecule has 0 aromatic heterocycles. The fraction of sp³-hybridized carbons (Fsp3) is 0.350. The van der Waals surface area contributed by atoms with E-state index in [0.29, 0.717) is 5.56 Å². The van der Waals surface area contributed by atoms with Gasteiger partial charge in [0.2, 0.25) is 0 Å². The van der Waals surface area contributed by atoms with Gasteiger partial charge >= 0.3 is 5.97 Å². The van der Waals surface area contributed by atoms with E-state index in [-0.39, 0.29) is 17.4 Å². The molecule has 0 saturated carbocycles. The summed E-state index contributed by atoms with van der Waals surface area (Å²) in [4.78, 5) is 12.2. The topological polar surface area (TPSA) is 38.3 Å². The van der Waals surface area contributed by atoms with Crippen LogP contribution in [0.25, 0.3) is 0 Å². The number of benzene rings is 2. The summed E-state index contributed by atoms with van der Waals surface area (Å²) >= 11 is 0. The molecule has 1 unspecified atom stereocenters. The average molecular weight is 311 g/mol. The number of esters is 1. The van der Waals surface area contributed by atoms with Crippen LogP contribution < -0.4 is 5.32 Å². The first-order chi connectivity index (χ1) is 10.8. The summed E-state index contributed by atoms with van der Waals surface area (Å²) in [5.74, 6) is -0.320. The molecule has 3 heteroatoms. The second kappa shape index (κ2) is 6.86. The Kier molecular flexibility index (Phi) is 5.09. The van der Waals surface area contributed by atoms with Gasteiger partial charge in [0, 0.05) is 11.7 Å². The van der Waals surface area contributed by atoms with E-state index in [1.807, 2.05) is 30.3 Å². The maximum atomic E-state index is 12.2. The van der Waals surface area contributed by atoms with Crippen molar-refractivity contribution in [2.75, 3.05) is 12.4 Å². The summed E-state index contributed by atoms with van der Waals surface area (Å²) in [6, 6.07) is 16.2. The molecule has 0 amide bonds. The van der Waals surface area contributed by atoms with E-state index in [9.17, 15) is 4.79 Å². The summed E-state index contributed by atoms with van der Waals surface area (Å²) in [6.45, 7) is 8.46. The Bertz CT molecular complexity index is 672. The molecule has 0 aliphatic heterocycles. The molecule has 2 aromatic carbocycles. The second-order valence-electron chi connectivity index (χ2n) is 6.78. The standard InChI is InChI=1S/C20H25NO2/c1-14(15-9-7-6-8-10-15)21-18-12-11-16(20(2,3)4)13-17(18)19(22)23-5/h6-14,21H,1-5H3. The minimum absolute atomic E-state index is 0.0215. The fourth-order valence-corrected chi connectivity index (χ4v) is 2.47. The van der Waals surface area contributed by atoms with Gasteiger partial charge in [-0.05, 0) is 35.6 Å². The Labute approximate surface area is 138 Å². The van der Waals surface area contributed by atoms with Crippen molar-refractivity contribution in [1.82, 2.24) is 0 Å². The van der Waals surface area contributed by atoms with Gasteiger partial charge in [-0.1, -0.05) is 57.2 Å². The zero-order chi connectivity index (χ0) is 17.0. The molecule has 122 valence electrons. The smallest absolute Gasteiger partial charge is 0.339 e. The largest absolute Gasteiger partial charge is 0.465 e. The first kappa shape index (κ1) is 17.1. The second-order valence-corrected chi connectivity index (χ2v) is 6.78. The molecule has 1 N–H and O–H groups in total. The number of carbonyl (C=O) groups is 1. The highest BCUT2D eigenvalue weighted by molar-refractivity contribution is 5.96. The molecule has 2 aromatic rings. The Balaban J connectivity index is 2.36. The molecule has 0 spiro atoms. The summed E-state index contributed by atoms with van der Waals surface area (Å²) in [7, 11) is 1.41. The van der Waals surface area contributed by atoms with Gasteiger partial charge in [-0.2, -0.15) is 0 Å². The minimum atomic E-state index is -0.320. The van der Waals surface area contributed by atoms with Crippen molar-refractivity contribution in [2.45, 2.75) is 39.2 Å². The predicted molar refractivity (Wildman–Crippen MR) is 95.0 cm³/mol. The van der Waals surface area contributed by atoms with Crippen LogP contribution in [0.15, 0.2) is 48.5 Å². The van der Waals surface area contributed by atoms with Gasteiger partial charge in [-0.25, -0.2) is 4.79 Å². The molecule has 0 bridgehead atoms. The maximum absolute atomic E-state index is 12.2. The summed E-state index contributed by atoms with van der Waals surface area (Å²) in [6.07, 6.45) is 0. The highest BCUT2D eigenvalue weighted by Gasteiger charge is 2.20. The van der Waals surface area contributed by atoms with Gasteiger partial charge < -0.3 is 10.1 Å². The molecular weight excluding hydrogens is 286 g/mol. The van der Waals surface area contributed by atoms with E-state index < -0.39 is 0 Å². The number of rotatable bonds is 4. The molecule has 0 aliphatic carbocycles. The van der Waals surface area contributed by atoms with Gasteiger partial charge in [0.05, 0.1) is 12.7 Å². The van der Waals surface area contributed by atoms with Gasteiger partial charge in [0.15, 0.2) is 0 Å². The van der Waals surface area contributed by atoms with Crippen LogP contribution in [-0.2, 0) is 10.2 Å². The van der Waals surface area contributed by atoms with Gasteiger partial charge in [0.1, 0.15) is 0 Å². The lowest BCUT2D eigenvalue weighted by atomic mass is 9.86. The van der Waals surface area contributed by atoms with Gasteiger partial charge in [-0.15, -0.1) is 0 Å². The van der Waals surface area contributed by atoms with E-state index in [4.69, 9.17) is 4.74 Å². The molecule has 1 atom stereocenters. The Morgan fingerprint density at radius 2 is 1.74 bits per heavy atom. The number of ether oxygens (including phenoxy) is 1. The van der Waals surface area contributed by atoms with Crippen LogP contribution in [0.1, 0.15) is 55.2 Å². The van der Waals surface area contributed by atoms with Crippen LogP contribution in [0.3, 0.4) is 0 Å². The van der Waals surface area contributed by atoms with Crippen molar-refractivity contribution in [3.8, 4) is 0 Å². The Morgan fingerprint density at radius 1 is 1.09 bits per heavy atom. The predicted octanol–water partition coefficient (Wildman–Crippen LogP) is 4.94. The monoisotopic (exact) mass is 311 g/mol. The first-order valence-electron chi connectivity index (χ1n) is 7.87. The molecule has 0 fully saturated rings. The zero-order valence-electron chi connectivity index (χ0n) is 14.5. The summed E-state index contributed by atoms with van der Waals surface area (Å²) in [5, 5.41) is 3.42. The molecule has 0 radical (unpaired) electrons. The van der Waals surface area contributed by atoms with Crippen molar-refractivity contribution in [2.24, 2.45) is 0 Å². The number of methoxy groups -OCH3 is 1. The Morgan fingerprint density at radius 3 is 2.30 bits per heavy atom. The van der Waals surface area contributed by atoms with Gasteiger partial charge in [-0.3, -0.25) is 0 Å². The molecule has 23 heavy (non-hydrogen) atoms. The third-order valence-corrected chi connectivity index (χ3v) is 3.96. The summed E-state index contributed by atoms with van der Waals surface area (Å²) < 4.78 is 4.95. The highest BCUT2D eigenvalue weighted by Crippen LogP contribution is 2.29. The normalized spacial score (nSPS) is 12.6. The van der Waals surface area contributed by atoms with Crippen LogP contribution in [-0.4, -0.2) is 13.1 Å². The third-order valence-electron chi connectivity index (χ3n) is 3.96. The van der Waals surface area contributed by atoms with Crippen LogP contribution in [0.4, 0.5) is 5.69 Å². The number of carbonyl (C=O) groups excluding carboxylic acids is 1. The number of hydrogen-bond donors (Lipinski definition) is 1. The lowest BCUT2D eigenvalue weighted by molar-refractivity contribution is 0.0601. The number of nitrogens with one attached hydrogen (secondary N) is 1. The molecule has 2 rings (SSSR count). The van der Waals surface area contributed by atoms with E-state index in [0.717, 1.165) is 11.3 Å². The van der Waals surface area contributed by atoms with Crippen molar-refractivity contribution >= 4 is 11.7 Å². The molecular formula is C20H25NO2. The van der Waals surface area contributed by atoms with Crippen molar-refractivity contribution in [1.29, 1.82) is 0 Å². The quantitative estimate of drug-likeness (QED) is 0.812. The lowest BCUT2D eigenvalue weighted by Crippen LogP contribution is -2.16. The molecule has 0 heterocycles. The minimum Gasteiger partial charge on any atom is -0.465 e. The van der Waals surface area contributed by atoms with Gasteiger partial charge in [0.25, 0.3) is 0 Å². The third kappa shape index (κ3) is 4.13. The molecule has 0 saturated heterocycles. The van der Waals surface area contributed by atoms with Crippen molar-refractivity contribution in [3.63, 3.8) is 0 Å². The van der Waals surface area contributed by atoms with Crippen molar-refractivity contribution < 1.29 is 9.53 Å². The zero-order valence-corrected chi connectivity index (χ0v) is 14.5. The van der Waals surface area contributed by atoms with E-state index in [1.165, 1.54) is 12.7 Å². The number of anilines is 1. The SMILES string of the molecule is COC(=O)c1cc(C(C)(C)C)ccc1NC(C)c1ccccc1. The van der Waals surface area contributed by atoms with E-state index >= 15 is 0 Å². The first-order valence-corrected chi connectivity index (χ1v) is 7.87. The van der Waals surface area contributed by atoms with Crippen LogP contribution in [0.2, 0.25) is 0 Å². The average Bonchev–Trinajstić information content (AvgIpc) is 2.54. The van der Waals surface area contributed by atoms with Crippen molar-refractivity contribution in [3.05, 3.63) is 65.2 Å². The lowest BCUT2D eigenvalue weighted by Gasteiger charge is -2.23. The fourth-order valence-electron chi connectivity index (χ4n) is 2.47. The van der Waals surface area contributed by atoms with Crippen LogP contribution in [0, 0.1) is 0 Å². The number of hydrogen-bond acceptors (Lipinski definition) is 3. The molecule has 0 aliphatic rings.